The predicted molar refractivity (Wildman–Crippen MR) is 71.1 cm³/mol. The number of anilines is 1. The molecule has 0 radical (unpaired) electrons. The maximum Gasteiger partial charge on any atom is 0.248 e. The first-order valence-corrected chi connectivity index (χ1v) is 7.27. The molecule has 19 heavy (non-hydrogen) atoms. The molecule has 0 saturated heterocycles. The average molecular weight is 281 g/mol. The third-order valence-electron chi connectivity index (χ3n) is 3.51. The van der Waals surface area contributed by atoms with Gasteiger partial charge < -0.3 is 4.90 Å². The lowest BCUT2D eigenvalue weighted by atomic mass is 10.1. The van der Waals surface area contributed by atoms with Gasteiger partial charge in [-0.25, -0.2) is 8.42 Å². The fourth-order valence-corrected chi connectivity index (χ4v) is 3.76. The smallest absolute Gasteiger partial charge is 0.248 e. The Morgan fingerprint density at radius 2 is 1.84 bits per heavy atom. The number of sulfone groups is 1. The van der Waals surface area contributed by atoms with E-state index in [0.29, 0.717) is 5.56 Å². The minimum absolute atomic E-state index is 0.0876. The highest BCUT2D eigenvalue weighted by Crippen LogP contribution is 2.39. The van der Waals surface area contributed by atoms with E-state index in [9.17, 15) is 18.0 Å². The molecule has 0 atom stereocenters. The van der Waals surface area contributed by atoms with E-state index < -0.39 is 20.5 Å². The van der Waals surface area contributed by atoms with Gasteiger partial charge in [0.1, 0.15) is 4.75 Å². The van der Waals surface area contributed by atoms with Crippen LogP contribution in [0.5, 0.6) is 0 Å². The van der Waals surface area contributed by atoms with Gasteiger partial charge in [0, 0.05) is 12.6 Å². The van der Waals surface area contributed by atoms with Gasteiger partial charge in [-0.05, 0) is 39.0 Å². The third kappa shape index (κ3) is 1.70. The van der Waals surface area contributed by atoms with Crippen LogP contribution in [0.2, 0.25) is 0 Å². The summed E-state index contributed by atoms with van der Waals surface area (Å²) in [7, 11) is -2.23. The largest absolute Gasteiger partial charge is 0.313 e. The fourth-order valence-electron chi connectivity index (χ4n) is 2.13. The molecule has 1 aromatic carbocycles. The van der Waals surface area contributed by atoms with Crippen LogP contribution in [0, 0.1) is 0 Å². The first kappa shape index (κ1) is 13.7. The van der Waals surface area contributed by atoms with Gasteiger partial charge >= 0.3 is 0 Å². The molecule has 2 rings (SSSR count). The van der Waals surface area contributed by atoms with Crippen molar-refractivity contribution in [2.24, 2.45) is 0 Å². The van der Waals surface area contributed by atoms with Crippen LogP contribution < -0.4 is 4.90 Å². The maximum absolute atomic E-state index is 12.4. The Morgan fingerprint density at radius 3 is 2.37 bits per heavy atom. The number of benzene rings is 1. The molecule has 0 N–H and O–H groups in total. The quantitative estimate of drug-likeness (QED) is 0.730. The summed E-state index contributed by atoms with van der Waals surface area (Å²) in [5, 5.41) is 0. The highest BCUT2D eigenvalue weighted by atomic mass is 32.2. The number of ketones is 1. The number of hydrogen-bond acceptors (Lipinski definition) is 4. The van der Waals surface area contributed by atoms with Crippen LogP contribution in [0.4, 0.5) is 5.69 Å². The van der Waals surface area contributed by atoms with Crippen molar-refractivity contribution in [3.63, 3.8) is 0 Å². The summed E-state index contributed by atoms with van der Waals surface area (Å²) in [6, 6.07) is 4.31. The summed E-state index contributed by atoms with van der Waals surface area (Å²) in [4.78, 5) is 24.9. The highest BCUT2D eigenvalue weighted by Gasteiger charge is 2.50. The molecular formula is C13H15NO4S. The number of fused-ring (bicyclic) bond motifs is 1. The summed E-state index contributed by atoms with van der Waals surface area (Å²) in [5.74, 6) is -0.674. The second-order valence-corrected chi connectivity index (χ2v) is 7.58. The maximum atomic E-state index is 12.4. The molecular weight excluding hydrogens is 266 g/mol. The normalized spacial score (nSPS) is 20.0. The molecule has 0 fully saturated rings. The van der Waals surface area contributed by atoms with Crippen molar-refractivity contribution in [3.8, 4) is 0 Å². The van der Waals surface area contributed by atoms with Gasteiger partial charge in [-0.1, -0.05) is 0 Å². The van der Waals surface area contributed by atoms with Crippen LogP contribution in [0.15, 0.2) is 23.1 Å². The first-order chi connectivity index (χ1) is 8.60. The van der Waals surface area contributed by atoms with Crippen LogP contribution >= 0.6 is 0 Å². The molecule has 1 amide bonds. The van der Waals surface area contributed by atoms with Gasteiger partial charge in [-0.2, -0.15) is 0 Å². The van der Waals surface area contributed by atoms with Crippen LogP contribution in [0.25, 0.3) is 0 Å². The minimum Gasteiger partial charge on any atom is -0.313 e. The van der Waals surface area contributed by atoms with Crippen molar-refractivity contribution < 1.29 is 18.0 Å². The van der Waals surface area contributed by atoms with Crippen molar-refractivity contribution in [3.05, 3.63) is 23.8 Å². The lowest BCUT2D eigenvalue weighted by Crippen LogP contribution is -2.52. The highest BCUT2D eigenvalue weighted by molar-refractivity contribution is 7.94. The van der Waals surface area contributed by atoms with Gasteiger partial charge in [0.25, 0.3) is 0 Å². The molecule has 0 aliphatic carbocycles. The van der Waals surface area contributed by atoms with Gasteiger partial charge in [0.05, 0.1) is 10.6 Å². The van der Waals surface area contributed by atoms with E-state index in [0.717, 1.165) is 0 Å². The predicted octanol–water partition coefficient (Wildman–Crippen LogP) is 1.42. The molecule has 1 heterocycles. The van der Waals surface area contributed by atoms with Crippen LogP contribution in [0.1, 0.15) is 31.1 Å². The zero-order valence-corrected chi connectivity index (χ0v) is 12.0. The van der Waals surface area contributed by atoms with E-state index in [1.165, 1.54) is 50.9 Å². The standard InChI is InChI=1S/C13H15NO4S/c1-8(15)9-5-6-11-10(7-9)14(4)12(16)13(2,3)19(11,17)18/h5-7H,1-4H3. The third-order valence-corrected chi connectivity index (χ3v) is 5.95. The Balaban J connectivity index is 2.81. The summed E-state index contributed by atoms with van der Waals surface area (Å²) in [5.41, 5.74) is 0.644. The molecule has 0 aromatic heterocycles. The van der Waals surface area contributed by atoms with E-state index in [-0.39, 0.29) is 16.4 Å². The molecule has 0 bridgehead atoms. The van der Waals surface area contributed by atoms with Crippen molar-refractivity contribution in [1.82, 2.24) is 0 Å². The zero-order chi connectivity index (χ0) is 14.6. The number of rotatable bonds is 1. The van der Waals surface area contributed by atoms with Crippen molar-refractivity contribution in [2.45, 2.75) is 30.4 Å². The molecule has 1 aliphatic rings. The van der Waals surface area contributed by atoms with E-state index in [2.05, 4.69) is 0 Å². The second-order valence-electron chi connectivity index (χ2n) is 5.12. The summed E-state index contributed by atoms with van der Waals surface area (Å²) < 4.78 is 23.4. The van der Waals surface area contributed by atoms with E-state index in [4.69, 9.17) is 0 Å². The summed E-state index contributed by atoms with van der Waals surface area (Å²) >= 11 is 0. The Kier molecular flexibility index (Phi) is 2.82. The molecule has 5 nitrogen and oxygen atoms in total. The molecule has 0 saturated carbocycles. The van der Waals surface area contributed by atoms with Gasteiger partial charge in [0.2, 0.25) is 5.91 Å². The Morgan fingerprint density at radius 1 is 1.26 bits per heavy atom. The summed E-state index contributed by atoms with van der Waals surface area (Å²) in [6.07, 6.45) is 0. The van der Waals surface area contributed by atoms with Gasteiger partial charge in [0.15, 0.2) is 15.6 Å². The minimum atomic E-state index is -3.75. The zero-order valence-electron chi connectivity index (χ0n) is 11.2. The lowest BCUT2D eigenvalue weighted by molar-refractivity contribution is -0.120. The van der Waals surface area contributed by atoms with Crippen molar-refractivity contribution in [1.29, 1.82) is 0 Å². The summed E-state index contributed by atoms with van der Waals surface area (Å²) in [6.45, 7) is 4.18. The fraction of sp³-hybridized carbons (Fsp3) is 0.385. The Labute approximate surface area is 112 Å². The molecule has 0 unspecified atom stereocenters. The van der Waals surface area contributed by atoms with Gasteiger partial charge in [-0.3, -0.25) is 9.59 Å². The number of hydrogen-bond donors (Lipinski definition) is 0. The molecule has 1 aliphatic heterocycles. The first-order valence-electron chi connectivity index (χ1n) is 5.78. The number of carbonyl (C=O) groups excluding carboxylic acids is 2. The molecule has 6 heteroatoms. The Bertz CT molecular complexity index is 689. The lowest BCUT2D eigenvalue weighted by Gasteiger charge is -2.36. The van der Waals surface area contributed by atoms with Crippen molar-refractivity contribution in [2.75, 3.05) is 11.9 Å². The average Bonchev–Trinajstić information content (AvgIpc) is 2.34. The van der Waals surface area contributed by atoms with E-state index >= 15 is 0 Å². The van der Waals surface area contributed by atoms with E-state index in [1.54, 1.807) is 0 Å². The number of Topliss-reactive ketones (excluding diaryl/α,β-unsaturated/α-hetero) is 1. The van der Waals surface area contributed by atoms with Gasteiger partial charge in [-0.15, -0.1) is 0 Å². The van der Waals surface area contributed by atoms with Crippen LogP contribution in [-0.2, 0) is 14.6 Å². The van der Waals surface area contributed by atoms with Crippen LogP contribution in [0.3, 0.4) is 0 Å². The van der Waals surface area contributed by atoms with Crippen LogP contribution in [-0.4, -0.2) is 31.9 Å². The van der Waals surface area contributed by atoms with Crippen molar-refractivity contribution >= 4 is 27.2 Å². The molecule has 102 valence electrons. The number of carbonyl (C=O) groups is 2. The second kappa shape index (κ2) is 3.90. The molecule has 0 spiro atoms. The van der Waals surface area contributed by atoms with E-state index in [1.807, 2.05) is 0 Å². The number of nitrogens with zero attached hydrogens (tertiary/aromatic N) is 1. The SMILES string of the molecule is CC(=O)c1ccc2c(c1)N(C)C(=O)C(C)(C)S2(=O)=O. The monoisotopic (exact) mass is 281 g/mol. The number of amides is 1. The Hall–Kier alpha value is -1.69. The molecule has 1 aromatic rings. The topological polar surface area (TPSA) is 71.5 Å².